The summed E-state index contributed by atoms with van der Waals surface area (Å²) in [6, 6.07) is 3.97. The van der Waals surface area contributed by atoms with Gasteiger partial charge >= 0.3 is 5.97 Å². The van der Waals surface area contributed by atoms with Gasteiger partial charge in [-0.15, -0.1) is 23.7 Å². The summed E-state index contributed by atoms with van der Waals surface area (Å²) in [5, 5.41) is 4.90. The number of thiophene rings is 1. The lowest BCUT2D eigenvalue weighted by Crippen LogP contribution is -2.36. The molecule has 7 heteroatoms. The van der Waals surface area contributed by atoms with Crippen LogP contribution in [0.1, 0.15) is 4.88 Å². The maximum Gasteiger partial charge on any atom is 0.310 e. The third-order valence-electron chi connectivity index (χ3n) is 3.67. The van der Waals surface area contributed by atoms with E-state index in [0.717, 1.165) is 11.4 Å². The number of esters is 1. The monoisotopic (exact) mass is 316 g/mol. The molecule has 3 heterocycles. The van der Waals surface area contributed by atoms with E-state index in [4.69, 9.17) is 4.74 Å². The summed E-state index contributed by atoms with van der Waals surface area (Å²) >= 11 is 1.63. The molecule has 1 aromatic heterocycles. The first-order chi connectivity index (χ1) is 9.22. The van der Waals surface area contributed by atoms with E-state index >= 15 is 0 Å². The van der Waals surface area contributed by atoms with Crippen LogP contribution in [0.15, 0.2) is 17.5 Å². The molecular formula is C13H17ClN2O3S. The molecule has 0 unspecified atom stereocenters. The quantitative estimate of drug-likeness (QED) is 0.838. The summed E-state index contributed by atoms with van der Waals surface area (Å²) in [4.78, 5) is 26.4. The van der Waals surface area contributed by atoms with Crippen molar-refractivity contribution in [3.05, 3.63) is 22.4 Å². The second kappa shape index (κ2) is 6.56. The molecule has 2 saturated heterocycles. The first-order valence-electron chi connectivity index (χ1n) is 6.40. The number of cyclic esters (lactones) is 1. The van der Waals surface area contributed by atoms with Gasteiger partial charge in [-0.25, -0.2) is 0 Å². The first-order valence-corrected chi connectivity index (χ1v) is 7.28. The standard InChI is InChI=1S/C13H16N2O3S.ClH/c16-12(14-4-10-2-1-3-19-10)7-15-5-9-8-18-13(17)11(9)6-15;/h1-3,9,11H,4-8H2,(H,14,16);1H/t9-,11-;/m1./s1. The van der Waals surface area contributed by atoms with Crippen molar-refractivity contribution in [2.75, 3.05) is 26.2 Å². The topological polar surface area (TPSA) is 58.6 Å². The van der Waals surface area contributed by atoms with Crippen molar-refractivity contribution in [3.8, 4) is 0 Å². The summed E-state index contributed by atoms with van der Waals surface area (Å²) in [6.45, 7) is 2.89. The summed E-state index contributed by atoms with van der Waals surface area (Å²) in [5.41, 5.74) is 0. The Morgan fingerprint density at radius 2 is 2.35 bits per heavy atom. The number of carbonyl (C=O) groups is 2. The fourth-order valence-electron chi connectivity index (χ4n) is 2.68. The van der Waals surface area contributed by atoms with Crippen molar-refractivity contribution < 1.29 is 14.3 Å². The smallest absolute Gasteiger partial charge is 0.310 e. The normalized spacial score (nSPS) is 24.9. The molecule has 1 amide bonds. The molecule has 1 aromatic rings. The zero-order chi connectivity index (χ0) is 13.2. The molecule has 2 atom stereocenters. The van der Waals surface area contributed by atoms with Gasteiger partial charge in [-0.3, -0.25) is 14.5 Å². The molecule has 0 saturated carbocycles. The molecule has 2 fully saturated rings. The zero-order valence-electron chi connectivity index (χ0n) is 10.9. The Labute approximate surface area is 127 Å². The SMILES string of the molecule is Cl.O=C(CN1C[C@@H]2COC(=O)[C@@H]2C1)NCc1cccs1. The number of nitrogens with zero attached hydrogens (tertiary/aromatic N) is 1. The van der Waals surface area contributed by atoms with Gasteiger partial charge in [-0.1, -0.05) is 6.07 Å². The molecule has 1 N–H and O–H groups in total. The van der Waals surface area contributed by atoms with Gasteiger partial charge in [0.1, 0.15) is 0 Å². The van der Waals surface area contributed by atoms with Crippen LogP contribution in [-0.4, -0.2) is 43.0 Å². The van der Waals surface area contributed by atoms with E-state index in [1.54, 1.807) is 11.3 Å². The highest BCUT2D eigenvalue weighted by molar-refractivity contribution is 7.09. The van der Waals surface area contributed by atoms with Crippen LogP contribution in [0.3, 0.4) is 0 Å². The Bertz CT molecular complexity index is 480. The lowest BCUT2D eigenvalue weighted by Gasteiger charge is -2.15. The van der Waals surface area contributed by atoms with E-state index in [2.05, 4.69) is 5.32 Å². The second-order valence-corrected chi connectivity index (χ2v) is 6.08. The van der Waals surface area contributed by atoms with E-state index in [1.807, 2.05) is 22.4 Å². The molecule has 0 aromatic carbocycles. The van der Waals surface area contributed by atoms with Gasteiger partial charge in [0, 0.05) is 23.9 Å². The van der Waals surface area contributed by atoms with Gasteiger partial charge in [0.25, 0.3) is 0 Å². The molecule has 0 aliphatic carbocycles. The molecular weight excluding hydrogens is 300 g/mol. The molecule has 0 bridgehead atoms. The molecule has 3 rings (SSSR count). The summed E-state index contributed by atoms with van der Waals surface area (Å²) < 4.78 is 5.00. The van der Waals surface area contributed by atoms with Gasteiger partial charge in [0.05, 0.1) is 25.6 Å². The minimum Gasteiger partial charge on any atom is -0.465 e. The Hall–Kier alpha value is -1.11. The number of halogens is 1. The van der Waals surface area contributed by atoms with E-state index in [-0.39, 0.29) is 36.1 Å². The molecule has 110 valence electrons. The Morgan fingerprint density at radius 3 is 3.05 bits per heavy atom. The largest absolute Gasteiger partial charge is 0.465 e. The molecule has 0 radical (unpaired) electrons. The Morgan fingerprint density at radius 1 is 1.50 bits per heavy atom. The fourth-order valence-corrected chi connectivity index (χ4v) is 3.32. The number of likely N-dealkylation sites (tertiary alicyclic amines) is 1. The number of amides is 1. The zero-order valence-corrected chi connectivity index (χ0v) is 12.5. The van der Waals surface area contributed by atoms with Crippen LogP contribution in [0.5, 0.6) is 0 Å². The van der Waals surface area contributed by atoms with Gasteiger partial charge < -0.3 is 10.1 Å². The average molecular weight is 317 g/mol. The lowest BCUT2D eigenvalue weighted by molar-refractivity contribution is -0.141. The predicted molar refractivity (Wildman–Crippen MR) is 77.8 cm³/mol. The van der Waals surface area contributed by atoms with Crippen LogP contribution in [0.2, 0.25) is 0 Å². The Kier molecular flexibility index (Phi) is 5.01. The molecule has 5 nitrogen and oxygen atoms in total. The number of fused-ring (bicyclic) bond motifs is 1. The van der Waals surface area contributed by atoms with Gasteiger partial charge in [-0.2, -0.15) is 0 Å². The molecule has 2 aliphatic rings. The second-order valence-electron chi connectivity index (χ2n) is 5.05. The maximum atomic E-state index is 11.8. The molecule has 2 aliphatic heterocycles. The fraction of sp³-hybridized carbons (Fsp3) is 0.538. The molecule has 0 spiro atoms. The van der Waals surface area contributed by atoms with Crippen molar-refractivity contribution in [3.63, 3.8) is 0 Å². The van der Waals surface area contributed by atoms with Gasteiger partial charge in [-0.05, 0) is 11.4 Å². The van der Waals surface area contributed by atoms with Crippen LogP contribution >= 0.6 is 23.7 Å². The van der Waals surface area contributed by atoms with Crippen LogP contribution in [-0.2, 0) is 20.9 Å². The van der Waals surface area contributed by atoms with E-state index in [9.17, 15) is 9.59 Å². The molecule has 20 heavy (non-hydrogen) atoms. The van der Waals surface area contributed by atoms with Crippen LogP contribution < -0.4 is 5.32 Å². The van der Waals surface area contributed by atoms with Crippen molar-refractivity contribution in [1.82, 2.24) is 10.2 Å². The third-order valence-corrected chi connectivity index (χ3v) is 4.54. The Balaban J connectivity index is 0.00000147. The number of ether oxygens (including phenoxy) is 1. The van der Waals surface area contributed by atoms with Gasteiger partial charge in [0.15, 0.2) is 0 Å². The number of hydrogen-bond acceptors (Lipinski definition) is 5. The lowest BCUT2D eigenvalue weighted by atomic mass is 10.0. The van der Waals surface area contributed by atoms with Crippen molar-refractivity contribution in [1.29, 1.82) is 0 Å². The minimum atomic E-state index is -0.105. The first kappa shape index (κ1) is 15.3. The number of hydrogen-bond donors (Lipinski definition) is 1. The van der Waals surface area contributed by atoms with E-state index in [0.29, 0.717) is 26.2 Å². The number of rotatable bonds is 4. The highest BCUT2D eigenvalue weighted by Crippen LogP contribution is 2.29. The van der Waals surface area contributed by atoms with Crippen LogP contribution in [0.4, 0.5) is 0 Å². The number of nitrogens with one attached hydrogen (secondary N) is 1. The highest BCUT2D eigenvalue weighted by atomic mass is 35.5. The number of carbonyl (C=O) groups excluding carboxylic acids is 2. The summed E-state index contributed by atoms with van der Waals surface area (Å²) in [6.07, 6.45) is 0. The summed E-state index contributed by atoms with van der Waals surface area (Å²) in [5.74, 6) is 0.163. The van der Waals surface area contributed by atoms with Crippen LogP contribution in [0.25, 0.3) is 0 Å². The predicted octanol–water partition coefficient (Wildman–Crippen LogP) is 0.891. The minimum absolute atomic E-state index is 0. The van der Waals surface area contributed by atoms with Crippen molar-refractivity contribution in [2.24, 2.45) is 11.8 Å². The van der Waals surface area contributed by atoms with Crippen LogP contribution in [0, 0.1) is 11.8 Å². The average Bonchev–Trinajstić information content (AvgIpc) is 3.07. The highest BCUT2D eigenvalue weighted by Gasteiger charge is 2.44. The van der Waals surface area contributed by atoms with Crippen molar-refractivity contribution in [2.45, 2.75) is 6.54 Å². The third kappa shape index (κ3) is 3.31. The van der Waals surface area contributed by atoms with Gasteiger partial charge in [0.2, 0.25) is 5.91 Å². The van der Waals surface area contributed by atoms with Crippen molar-refractivity contribution >= 4 is 35.6 Å². The maximum absolute atomic E-state index is 11.8. The summed E-state index contributed by atoms with van der Waals surface area (Å²) in [7, 11) is 0. The van der Waals surface area contributed by atoms with E-state index in [1.165, 1.54) is 0 Å². The van der Waals surface area contributed by atoms with E-state index < -0.39 is 0 Å².